The van der Waals surface area contributed by atoms with Crippen LogP contribution in [0.25, 0.3) is 0 Å². The van der Waals surface area contributed by atoms with E-state index in [0.29, 0.717) is 6.42 Å². The molecule has 1 aliphatic heterocycles. The van der Waals surface area contributed by atoms with Crippen LogP contribution in [0.5, 0.6) is 0 Å². The second kappa shape index (κ2) is 7.52. The molecule has 1 fully saturated rings. The van der Waals surface area contributed by atoms with Crippen molar-refractivity contribution in [2.75, 3.05) is 27.4 Å². The highest BCUT2D eigenvalue weighted by Crippen LogP contribution is 2.50. The highest BCUT2D eigenvalue weighted by atomic mass is 31.2. The highest BCUT2D eigenvalue weighted by Gasteiger charge is 2.43. The molecule has 1 aromatic rings. The molecule has 10 nitrogen and oxygen atoms in total. The lowest BCUT2D eigenvalue weighted by atomic mass is 10.0. The van der Waals surface area contributed by atoms with Gasteiger partial charge in [0, 0.05) is 33.1 Å². The first kappa shape index (κ1) is 18.1. The standard InChI is InChI=1S/C12H19N2O8P/c1-19-6-4-8(14-5-3-10(15)13-12(14)16)11-9(20-2)7-21-23(17,18)22-11/h3,5,8-9,11H,4,6-7H2,1-2H3,(H,17,18)(H,13,15,16)/t8-,9+,11-/m0/s1. The fourth-order valence-corrected chi connectivity index (χ4v) is 3.40. The molecule has 0 bridgehead atoms. The maximum Gasteiger partial charge on any atom is 0.472 e. The van der Waals surface area contributed by atoms with Crippen molar-refractivity contribution in [2.45, 2.75) is 24.7 Å². The van der Waals surface area contributed by atoms with E-state index in [0.717, 1.165) is 0 Å². The van der Waals surface area contributed by atoms with E-state index in [1.54, 1.807) is 0 Å². The molecule has 1 aliphatic rings. The molecule has 0 radical (unpaired) electrons. The van der Waals surface area contributed by atoms with Crippen molar-refractivity contribution in [1.82, 2.24) is 9.55 Å². The van der Waals surface area contributed by atoms with Gasteiger partial charge in [-0.2, -0.15) is 0 Å². The summed E-state index contributed by atoms with van der Waals surface area (Å²) in [4.78, 5) is 35.0. The number of H-pyrrole nitrogens is 1. The van der Waals surface area contributed by atoms with Gasteiger partial charge in [-0.3, -0.25) is 23.4 Å². The van der Waals surface area contributed by atoms with Gasteiger partial charge in [0.2, 0.25) is 0 Å². The van der Waals surface area contributed by atoms with Gasteiger partial charge in [-0.05, 0) is 6.42 Å². The molecule has 0 aliphatic carbocycles. The van der Waals surface area contributed by atoms with Crippen LogP contribution in [-0.2, 0) is 23.1 Å². The number of phosphoric ester groups is 1. The molecule has 0 amide bonds. The van der Waals surface area contributed by atoms with Gasteiger partial charge >= 0.3 is 13.5 Å². The Morgan fingerprint density at radius 1 is 1.52 bits per heavy atom. The average molecular weight is 350 g/mol. The summed E-state index contributed by atoms with van der Waals surface area (Å²) in [5, 5.41) is 0. The van der Waals surface area contributed by atoms with Crippen molar-refractivity contribution in [1.29, 1.82) is 0 Å². The van der Waals surface area contributed by atoms with Crippen LogP contribution in [0.1, 0.15) is 12.5 Å². The number of rotatable bonds is 6. The number of aromatic amines is 1. The van der Waals surface area contributed by atoms with E-state index in [-0.39, 0.29) is 13.2 Å². The van der Waals surface area contributed by atoms with Crippen molar-refractivity contribution in [3.05, 3.63) is 33.1 Å². The number of nitrogens with zero attached hydrogens (tertiary/aromatic N) is 1. The number of nitrogens with one attached hydrogen (secondary N) is 1. The molecular weight excluding hydrogens is 331 g/mol. The lowest BCUT2D eigenvalue weighted by molar-refractivity contribution is -0.0959. The largest absolute Gasteiger partial charge is 0.472 e. The zero-order valence-electron chi connectivity index (χ0n) is 12.7. The molecule has 2 N–H and O–H groups in total. The first-order chi connectivity index (χ1) is 10.9. The van der Waals surface area contributed by atoms with Crippen LogP contribution in [0, 0.1) is 0 Å². The van der Waals surface area contributed by atoms with Gasteiger partial charge in [-0.25, -0.2) is 9.36 Å². The van der Waals surface area contributed by atoms with Crippen LogP contribution in [-0.4, -0.2) is 54.1 Å². The maximum absolute atomic E-state index is 12.1. The minimum atomic E-state index is -4.23. The summed E-state index contributed by atoms with van der Waals surface area (Å²) in [6.45, 7) is 0.111. The number of aromatic nitrogens is 2. The SMILES string of the molecule is COCC[C@@H]([C@@H]1OP(=O)(O)OC[C@H]1OC)n1ccc(=O)[nH]c1=O. The molecular formula is C12H19N2O8P. The Kier molecular flexibility index (Phi) is 5.90. The van der Waals surface area contributed by atoms with Crippen molar-refractivity contribution in [2.24, 2.45) is 0 Å². The molecule has 2 rings (SSSR count). The van der Waals surface area contributed by atoms with Crippen LogP contribution in [0.4, 0.5) is 0 Å². The maximum atomic E-state index is 12.1. The summed E-state index contributed by atoms with van der Waals surface area (Å²) in [6, 6.07) is 0.495. The summed E-state index contributed by atoms with van der Waals surface area (Å²) < 4.78 is 33.1. The second-order valence-electron chi connectivity index (χ2n) is 4.97. The van der Waals surface area contributed by atoms with E-state index in [4.69, 9.17) is 18.5 Å². The third kappa shape index (κ3) is 4.37. The van der Waals surface area contributed by atoms with Crippen LogP contribution in [0.3, 0.4) is 0 Å². The molecule has 0 aromatic carbocycles. The average Bonchev–Trinajstić information content (AvgIpc) is 2.49. The van der Waals surface area contributed by atoms with Crippen molar-refractivity contribution in [3.8, 4) is 0 Å². The monoisotopic (exact) mass is 350 g/mol. The Morgan fingerprint density at radius 2 is 2.26 bits per heavy atom. The number of ether oxygens (including phenoxy) is 2. The van der Waals surface area contributed by atoms with E-state index in [1.807, 2.05) is 0 Å². The molecule has 0 spiro atoms. The summed E-state index contributed by atoms with van der Waals surface area (Å²) in [5.74, 6) is 0. The van der Waals surface area contributed by atoms with Gasteiger partial charge < -0.3 is 14.4 Å². The molecule has 2 heterocycles. The van der Waals surface area contributed by atoms with Gasteiger partial charge in [0.15, 0.2) is 0 Å². The number of hydrogen-bond acceptors (Lipinski definition) is 7. The molecule has 23 heavy (non-hydrogen) atoms. The summed E-state index contributed by atoms with van der Waals surface area (Å²) in [7, 11) is -1.34. The third-order valence-corrected chi connectivity index (χ3v) is 4.52. The van der Waals surface area contributed by atoms with Crippen molar-refractivity contribution < 1.29 is 28.0 Å². The number of methoxy groups -OCH3 is 2. The van der Waals surface area contributed by atoms with E-state index in [1.165, 1.54) is 31.0 Å². The fraction of sp³-hybridized carbons (Fsp3) is 0.667. The Morgan fingerprint density at radius 3 is 2.87 bits per heavy atom. The van der Waals surface area contributed by atoms with Gasteiger partial charge in [-0.1, -0.05) is 0 Å². The number of phosphoric acid groups is 1. The smallest absolute Gasteiger partial charge is 0.385 e. The summed E-state index contributed by atoms with van der Waals surface area (Å²) in [5.41, 5.74) is -1.20. The molecule has 1 saturated heterocycles. The molecule has 1 aromatic heterocycles. The quantitative estimate of drug-likeness (QED) is 0.666. The zero-order chi connectivity index (χ0) is 17.0. The predicted octanol–water partition coefficient (Wildman–Crippen LogP) is -0.355. The lowest BCUT2D eigenvalue weighted by Crippen LogP contribution is -2.47. The molecule has 4 atom stereocenters. The first-order valence-corrected chi connectivity index (χ1v) is 8.36. The van der Waals surface area contributed by atoms with E-state index in [2.05, 4.69) is 4.98 Å². The third-order valence-electron chi connectivity index (χ3n) is 3.53. The Hall–Kier alpha value is -1.29. The molecule has 11 heteroatoms. The van der Waals surface area contributed by atoms with E-state index < -0.39 is 37.3 Å². The molecule has 0 saturated carbocycles. The second-order valence-corrected chi connectivity index (χ2v) is 6.38. The molecule has 130 valence electrons. The minimum absolute atomic E-state index is 0.156. The van der Waals surface area contributed by atoms with Crippen LogP contribution >= 0.6 is 7.82 Å². The summed E-state index contributed by atoms with van der Waals surface area (Å²) in [6.07, 6.45) is 0.00993. The van der Waals surface area contributed by atoms with Gasteiger partial charge in [0.25, 0.3) is 5.56 Å². The Labute approximate surface area is 131 Å². The van der Waals surface area contributed by atoms with E-state index >= 15 is 0 Å². The zero-order valence-corrected chi connectivity index (χ0v) is 13.6. The fourth-order valence-electron chi connectivity index (χ4n) is 2.42. The predicted molar refractivity (Wildman–Crippen MR) is 78.3 cm³/mol. The minimum Gasteiger partial charge on any atom is -0.385 e. The lowest BCUT2D eigenvalue weighted by Gasteiger charge is -2.37. The topological polar surface area (TPSA) is 129 Å². The highest BCUT2D eigenvalue weighted by molar-refractivity contribution is 7.47. The van der Waals surface area contributed by atoms with Gasteiger partial charge in [0.05, 0.1) is 12.6 Å². The molecule has 1 unspecified atom stereocenters. The van der Waals surface area contributed by atoms with Crippen LogP contribution in [0.2, 0.25) is 0 Å². The Bertz CT molecular complexity index is 686. The van der Waals surface area contributed by atoms with E-state index in [9.17, 15) is 19.0 Å². The first-order valence-electron chi connectivity index (χ1n) is 6.87. The normalized spacial score (nSPS) is 29.3. The van der Waals surface area contributed by atoms with Crippen LogP contribution < -0.4 is 11.2 Å². The Balaban J connectivity index is 2.41. The van der Waals surface area contributed by atoms with Crippen molar-refractivity contribution >= 4 is 7.82 Å². The summed E-state index contributed by atoms with van der Waals surface area (Å²) >= 11 is 0. The van der Waals surface area contributed by atoms with Gasteiger partial charge in [-0.15, -0.1) is 0 Å². The van der Waals surface area contributed by atoms with Crippen molar-refractivity contribution in [3.63, 3.8) is 0 Å². The number of hydrogen-bond donors (Lipinski definition) is 2. The van der Waals surface area contributed by atoms with Crippen LogP contribution in [0.15, 0.2) is 21.9 Å². The van der Waals surface area contributed by atoms with Gasteiger partial charge in [0.1, 0.15) is 12.2 Å².